The molecular weight excluding hydrogens is 554 g/mol. The van der Waals surface area contributed by atoms with E-state index in [-0.39, 0.29) is 12.0 Å². The van der Waals surface area contributed by atoms with Gasteiger partial charge in [-0.15, -0.1) is 0 Å². The summed E-state index contributed by atoms with van der Waals surface area (Å²) < 4.78 is 48.7. The molecule has 20 heteroatoms. The number of aliphatic hydroxyl groups is 4. The summed E-state index contributed by atoms with van der Waals surface area (Å²) in [7, 11) is -11.1. The van der Waals surface area contributed by atoms with Gasteiger partial charge >= 0.3 is 13.5 Å². The molecule has 2 saturated heterocycles. The molecule has 1 aromatic rings. The molecule has 1 aromatic heterocycles. The molecule has 0 radical (unpaired) electrons. The molecule has 2 aliphatic heterocycles. The molecule has 0 amide bonds. The van der Waals surface area contributed by atoms with E-state index in [4.69, 9.17) is 9.47 Å². The molecule has 2 aliphatic rings. The summed E-state index contributed by atoms with van der Waals surface area (Å²) in [5.41, 5.74) is -1.25. The number of hydrogen-bond acceptors (Lipinski definition) is 15. The molecule has 3 rings (SSSR count). The maximum Gasteiger partial charge on any atom is 0.478 e. The highest BCUT2D eigenvalue weighted by Gasteiger charge is 2.46. The van der Waals surface area contributed by atoms with E-state index in [1.165, 1.54) is 13.1 Å². The van der Waals surface area contributed by atoms with Crippen molar-refractivity contribution in [3.63, 3.8) is 0 Å². The van der Waals surface area contributed by atoms with Crippen molar-refractivity contribution in [3.8, 4) is 0 Å². The highest BCUT2D eigenvalue weighted by atomic mass is 32.1. The second-order valence-electron chi connectivity index (χ2n) is 8.01. The molecule has 36 heavy (non-hydrogen) atoms. The number of aromatic amines is 1. The first kappa shape index (κ1) is 29.6. The Morgan fingerprint density at radius 3 is 2.53 bits per heavy atom. The second kappa shape index (κ2) is 11.4. The predicted octanol–water partition coefficient (Wildman–Crippen LogP) is -3.15. The lowest BCUT2D eigenvalue weighted by atomic mass is 10.0. The summed E-state index contributed by atoms with van der Waals surface area (Å²) in [4.78, 5) is 47.5. The molecule has 0 aromatic carbocycles. The van der Waals surface area contributed by atoms with Crippen LogP contribution in [0.4, 0.5) is 0 Å². The molecule has 0 spiro atoms. The first-order chi connectivity index (χ1) is 16.6. The fraction of sp³-hybridized carbons (Fsp3) is 0.750. The first-order valence-electron chi connectivity index (χ1n) is 10.3. The summed E-state index contributed by atoms with van der Waals surface area (Å²) in [6.07, 6.45) is -9.40. The van der Waals surface area contributed by atoms with Gasteiger partial charge in [-0.05, 0) is 6.92 Å². The zero-order valence-corrected chi connectivity index (χ0v) is 21.1. The maximum atomic E-state index is 12.2. The number of nitrogens with zero attached hydrogens (tertiary/aromatic N) is 1. The van der Waals surface area contributed by atoms with Gasteiger partial charge in [0.25, 0.3) is 13.4 Å². The number of aromatic nitrogens is 2. The third-order valence-corrected chi connectivity index (χ3v) is 8.52. The molecule has 0 saturated carbocycles. The van der Waals surface area contributed by atoms with Crippen molar-refractivity contribution < 1.29 is 62.2 Å². The van der Waals surface area contributed by atoms with Gasteiger partial charge in [0, 0.05) is 18.2 Å². The van der Waals surface area contributed by atoms with Crippen LogP contribution in [0.3, 0.4) is 0 Å². The number of aliphatic hydroxyl groups excluding tert-OH is 4. The Morgan fingerprint density at radius 1 is 1.22 bits per heavy atom. The Kier molecular flexibility index (Phi) is 9.40. The van der Waals surface area contributed by atoms with Gasteiger partial charge in [-0.25, -0.2) is 13.7 Å². The zero-order chi connectivity index (χ0) is 27.0. The Hall–Kier alpha value is -0.950. The van der Waals surface area contributed by atoms with E-state index in [1.54, 1.807) is 0 Å². The lowest BCUT2D eigenvalue weighted by molar-refractivity contribution is -0.278. The zero-order valence-electron chi connectivity index (χ0n) is 18.4. The summed E-state index contributed by atoms with van der Waals surface area (Å²) in [6, 6.07) is 0. The van der Waals surface area contributed by atoms with E-state index in [0.29, 0.717) is 0 Å². The molecule has 6 N–H and O–H groups in total. The Bertz CT molecular complexity index is 1140. The summed E-state index contributed by atoms with van der Waals surface area (Å²) in [5.74, 6) is 0. The van der Waals surface area contributed by atoms with Crippen LogP contribution in [-0.2, 0) is 32.0 Å². The van der Waals surface area contributed by atoms with Crippen LogP contribution >= 0.6 is 28.3 Å². The molecule has 0 bridgehead atoms. The van der Waals surface area contributed by atoms with Crippen molar-refractivity contribution in [2.75, 3.05) is 13.2 Å². The van der Waals surface area contributed by atoms with E-state index < -0.39 is 88.4 Å². The highest BCUT2D eigenvalue weighted by Crippen LogP contribution is 2.59. The van der Waals surface area contributed by atoms with Crippen LogP contribution in [0, 0.1) is 6.92 Å². The SMILES string of the molecule is Cc1cn([C@H]2C[C@@H](O)[C@@H](COP(=O)(O)OP(=O)([O-])O[C@@H]3OC(CO)[C@H](O)[C@H](S)C3O)O2)c(=O)[nH]c1=O. The quantitative estimate of drug-likeness (QED) is 0.113. The van der Waals surface area contributed by atoms with E-state index in [1.807, 2.05) is 0 Å². The molecule has 206 valence electrons. The Balaban J connectivity index is 1.59. The van der Waals surface area contributed by atoms with Gasteiger partial charge in [0.05, 0.1) is 30.7 Å². The van der Waals surface area contributed by atoms with E-state index in [0.717, 1.165) is 4.57 Å². The number of ether oxygens (including phenoxy) is 2. The molecular formula is C16H25N2O15P2S-. The van der Waals surface area contributed by atoms with Gasteiger partial charge in [0.1, 0.15) is 24.5 Å². The van der Waals surface area contributed by atoms with E-state index in [2.05, 4.69) is 31.0 Å². The average Bonchev–Trinajstić information content (AvgIpc) is 3.14. The molecule has 4 unspecified atom stereocenters. The largest absolute Gasteiger partial charge is 0.756 e. The van der Waals surface area contributed by atoms with Crippen molar-refractivity contribution in [1.29, 1.82) is 0 Å². The second-order valence-corrected chi connectivity index (χ2v) is 11.6. The van der Waals surface area contributed by atoms with Gasteiger partial charge in [-0.3, -0.25) is 28.0 Å². The van der Waals surface area contributed by atoms with Crippen molar-refractivity contribution in [2.24, 2.45) is 0 Å². The number of thiol groups is 1. The monoisotopic (exact) mass is 579 g/mol. The fourth-order valence-corrected chi connectivity index (χ4v) is 5.90. The van der Waals surface area contributed by atoms with Crippen molar-refractivity contribution >= 4 is 28.3 Å². The summed E-state index contributed by atoms with van der Waals surface area (Å²) >= 11 is 3.89. The molecule has 17 nitrogen and oxygen atoms in total. The third-order valence-electron chi connectivity index (χ3n) is 5.35. The van der Waals surface area contributed by atoms with Crippen LogP contribution < -0.4 is 16.1 Å². The van der Waals surface area contributed by atoms with Crippen LogP contribution in [0.25, 0.3) is 0 Å². The Labute approximate surface area is 207 Å². The lowest BCUT2D eigenvalue weighted by Gasteiger charge is -2.41. The smallest absolute Gasteiger partial charge is 0.478 e. The summed E-state index contributed by atoms with van der Waals surface area (Å²) in [6.45, 7) is -0.211. The normalized spacial score (nSPS) is 36.3. The average molecular weight is 579 g/mol. The number of phosphoric acid groups is 2. The Morgan fingerprint density at radius 2 is 1.89 bits per heavy atom. The highest BCUT2D eigenvalue weighted by molar-refractivity contribution is 7.81. The van der Waals surface area contributed by atoms with Crippen LogP contribution in [0.2, 0.25) is 0 Å². The van der Waals surface area contributed by atoms with Crippen molar-refractivity contribution in [1.82, 2.24) is 9.55 Å². The topological polar surface area (TPSA) is 259 Å². The van der Waals surface area contributed by atoms with Gasteiger partial charge in [-0.2, -0.15) is 12.6 Å². The standard InChI is InChI=1S/C16H26N2O15P2S/c1-6-3-18(16(24)17-14(6)23)10-2-7(20)9(30-10)5-29-34(25,26)33-35(27,28)32-15-12(22)13(36)11(21)8(4-19)31-15/h3,7-13,15,19-22,36H,2,4-5H2,1H3,(H,25,26)(H,27,28)(H,17,23,24)/p-1/t7-,8?,9-,10-,11+,12?,13+,15+/m1/s1. The fourth-order valence-electron chi connectivity index (χ4n) is 3.45. The van der Waals surface area contributed by atoms with Crippen LogP contribution in [0.15, 0.2) is 15.8 Å². The first-order valence-corrected chi connectivity index (χ1v) is 13.8. The minimum atomic E-state index is -5.71. The predicted molar refractivity (Wildman–Crippen MR) is 117 cm³/mol. The van der Waals surface area contributed by atoms with Crippen LogP contribution in [0.5, 0.6) is 0 Å². The van der Waals surface area contributed by atoms with Gasteiger partial charge in [0.2, 0.25) is 0 Å². The lowest BCUT2D eigenvalue weighted by Crippen LogP contribution is -2.57. The minimum absolute atomic E-state index is 0.168. The van der Waals surface area contributed by atoms with E-state index in [9.17, 15) is 48.9 Å². The minimum Gasteiger partial charge on any atom is -0.756 e. The van der Waals surface area contributed by atoms with Crippen LogP contribution in [0.1, 0.15) is 18.2 Å². The summed E-state index contributed by atoms with van der Waals surface area (Å²) in [5, 5.41) is 37.9. The number of hydrogen-bond donors (Lipinski definition) is 7. The van der Waals surface area contributed by atoms with Gasteiger partial charge in [-0.1, -0.05) is 0 Å². The molecule has 3 heterocycles. The van der Waals surface area contributed by atoms with Gasteiger partial charge < -0.3 is 39.7 Å². The number of aryl methyl sites for hydroxylation is 1. The number of rotatable bonds is 9. The number of H-pyrrole nitrogens is 1. The third kappa shape index (κ3) is 6.92. The maximum absolute atomic E-state index is 12.2. The van der Waals surface area contributed by atoms with Crippen molar-refractivity contribution in [2.45, 2.75) is 61.6 Å². The molecule has 10 atom stereocenters. The number of nitrogens with one attached hydrogen (secondary N) is 1. The molecule has 2 fully saturated rings. The molecule has 0 aliphatic carbocycles. The van der Waals surface area contributed by atoms with Gasteiger partial charge in [0.15, 0.2) is 6.29 Å². The van der Waals surface area contributed by atoms with Crippen molar-refractivity contribution in [3.05, 3.63) is 32.6 Å². The van der Waals surface area contributed by atoms with E-state index >= 15 is 0 Å². The van der Waals surface area contributed by atoms with Crippen LogP contribution in [-0.4, -0.2) is 90.1 Å². The number of phosphoric ester groups is 2.